The number of phenols is 1. The van der Waals surface area contributed by atoms with E-state index in [0.717, 1.165) is 11.8 Å². The Balaban J connectivity index is 3.20. The minimum Gasteiger partial charge on any atom is -0.506 e. The average molecular weight is 213 g/mol. The van der Waals surface area contributed by atoms with E-state index in [1.807, 2.05) is 19.9 Å². The van der Waals surface area contributed by atoms with Crippen molar-refractivity contribution in [1.82, 2.24) is 0 Å². The molecular weight excluding hydrogens is 200 g/mol. The zero-order valence-corrected chi connectivity index (χ0v) is 9.01. The van der Waals surface area contributed by atoms with Crippen molar-refractivity contribution in [3.05, 3.63) is 28.3 Å². The highest BCUT2D eigenvalue weighted by atomic mass is 35.5. The highest BCUT2D eigenvalue weighted by Gasteiger charge is 2.09. The summed E-state index contributed by atoms with van der Waals surface area (Å²) in [6.07, 6.45) is 0.960. The predicted octanol–water partition coefficient (Wildman–Crippen LogP) is 2.91. The molecule has 1 N–H and O–H groups in total. The lowest BCUT2D eigenvalue weighted by atomic mass is 9.99. The molecule has 0 bridgehead atoms. The fourth-order valence-electron chi connectivity index (χ4n) is 1.26. The predicted molar refractivity (Wildman–Crippen MR) is 57.0 cm³/mol. The largest absolute Gasteiger partial charge is 0.506 e. The van der Waals surface area contributed by atoms with Gasteiger partial charge in [-0.05, 0) is 17.5 Å². The molecule has 3 heteroatoms. The van der Waals surface area contributed by atoms with Gasteiger partial charge in [0.15, 0.2) is 0 Å². The van der Waals surface area contributed by atoms with Gasteiger partial charge >= 0.3 is 0 Å². The first kappa shape index (κ1) is 11.1. The highest BCUT2D eigenvalue weighted by Crippen LogP contribution is 2.31. The second-order valence-corrected chi connectivity index (χ2v) is 3.94. The summed E-state index contributed by atoms with van der Waals surface area (Å²) in [6, 6.07) is 3.55. The third kappa shape index (κ3) is 2.26. The van der Waals surface area contributed by atoms with Gasteiger partial charge in [-0.1, -0.05) is 31.5 Å². The third-order valence-electron chi connectivity index (χ3n) is 2.13. The van der Waals surface area contributed by atoms with E-state index in [-0.39, 0.29) is 12.2 Å². The minimum atomic E-state index is 0.0168. The molecule has 1 rings (SSSR count). The van der Waals surface area contributed by atoms with E-state index >= 15 is 0 Å². The summed E-state index contributed by atoms with van der Waals surface area (Å²) in [7, 11) is 0. The van der Waals surface area contributed by atoms with E-state index in [4.69, 9.17) is 11.6 Å². The minimum absolute atomic E-state index is 0.0168. The van der Waals surface area contributed by atoms with Gasteiger partial charge in [0, 0.05) is 12.0 Å². The van der Waals surface area contributed by atoms with E-state index in [1.54, 1.807) is 6.07 Å². The van der Waals surface area contributed by atoms with Crippen molar-refractivity contribution in [1.29, 1.82) is 0 Å². The van der Waals surface area contributed by atoms with Crippen molar-refractivity contribution in [2.24, 2.45) is 0 Å². The molecule has 0 spiro atoms. The Labute approximate surface area is 88.5 Å². The van der Waals surface area contributed by atoms with Crippen LogP contribution < -0.4 is 0 Å². The van der Waals surface area contributed by atoms with Crippen LogP contribution in [0.5, 0.6) is 5.75 Å². The highest BCUT2D eigenvalue weighted by molar-refractivity contribution is 6.32. The molecular formula is C11H13ClO2. The van der Waals surface area contributed by atoms with Crippen LogP contribution in [0.4, 0.5) is 0 Å². The summed E-state index contributed by atoms with van der Waals surface area (Å²) in [5, 5.41) is 9.86. The molecule has 0 aliphatic heterocycles. The summed E-state index contributed by atoms with van der Waals surface area (Å²) < 4.78 is 0. The fraction of sp³-hybridized carbons (Fsp3) is 0.364. The van der Waals surface area contributed by atoms with E-state index in [9.17, 15) is 9.90 Å². The molecule has 0 fully saturated rings. The number of aldehydes is 1. The zero-order chi connectivity index (χ0) is 10.7. The lowest BCUT2D eigenvalue weighted by Crippen LogP contribution is -1.93. The van der Waals surface area contributed by atoms with E-state index in [2.05, 4.69) is 0 Å². The van der Waals surface area contributed by atoms with E-state index in [1.165, 1.54) is 0 Å². The molecule has 0 unspecified atom stereocenters. The van der Waals surface area contributed by atoms with Crippen LogP contribution in [0.1, 0.15) is 30.9 Å². The molecule has 14 heavy (non-hydrogen) atoms. The fourth-order valence-corrected chi connectivity index (χ4v) is 1.51. The number of aromatic hydroxyl groups is 1. The van der Waals surface area contributed by atoms with Gasteiger partial charge in [0.25, 0.3) is 0 Å². The van der Waals surface area contributed by atoms with Crippen LogP contribution in [0.2, 0.25) is 5.02 Å². The summed E-state index contributed by atoms with van der Waals surface area (Å²) in [6.45, 7) is 4.07. The zero-order valence-electron chi connectivity index (χ0n) is 8.25. The second kappa shape index (κ2) is 4.47. The third-order valence-corrected chi connectivity index (χ3v) is 2.42. The summed E-state index contributed by atoms with van der Waals surface area (Å²) in [5.74, 6) is 0.349. The van der Waals surface area contributed by atoms with Crippen molar-refractivity contribution in [2.75, 3.05) is 0 Å². The Morgan fingerprint density at radius 2 is 2.14 bits per heavy atom. The molecule has 1 aromatic carbocycles. The maximum Gasteiger partial charge on any atom is 0.137 e. The first-order valence-electron chi connectivity index (χ1n) is 4.51. The quantitative estimate of drug-likeness (QED) is 0.783. The van der Waals surface area contributed by atoms with Crippen molar-refractivity contribution >= 4 is 17.9 Å². The van der Waals surface area contributed by atoms with Crippen LogP contribution in [-0.2, 0) is 11.2 Å². The molecule has 0 amide bonds. The normalized spacial score (nSPS) is 10.6. The lowest BCUT2D eigenvalue weighted by molar-refractivity contribution is -0.107. The molecule has 0 saturated carbocycles. The van der Waals surface area contributed by atoms with Crippen molar-refractivity contribution in [3.63, 3.8) is 0 Å². The van der Waals surface area contributed by atoms with Gasteiger partial charge in [0.1, 0.15) is 12.0 Å². The monoisotopic (exact) mass is 212 g/mol. The maximum absolute atomic E-state index is 10.4. The standard InChI is InChI=1S/C11H13ClO2/c1-7(2)9-5-8(3-4-13)11(14)10(12)6-9/h4-7,14H,3H2,1-2H3. The SMILES string of the molecule is CC(C)c1cc(Cl)c(O)c(CC=O)c1. The molecule has 0 radical (unpaired) electrons. The molecule has 2 nitrogen and oxygen atoms in total. The number of phenolic OH excluding ortho intramolecular Hbond substituents is 1. The van der Waals surface area contributed by atoms with Gasteiger partial charge in [-0.2, -0.15) is 0 Å². The van der Waals surface area contributed by atoms with Crippen LogP contribution in [-0.4, -0.2) is 11.4 Å². The van der Waals surface area contributed by atoms with Gasteiger partial charge in [-0.15, -0.1) is 0 Å². The number of rotatable bonds is 3. The summed E-state index contributed by atoms with van der Waals surface area (Å²) in [4.78, 5) is 10.4. The van der Waals surface area contributed by atoms with Gasteiger partial charge in [0.2, 0.25) is 0 Å². The average Bonchev–Trinajstić information content (AvgIpc) is 2.12. The Bertz CT molecular complexity index is 345. The number of halogens is 1. The number of benzene rings is 1. The molecule has 0 saturated heterocycles. The van der Waals surface area contributed by atoms with E-state index in [0.29, 0.717) is 16.5 Å². The van der Waals surface area contributed by atoms with Gasteiger partial charge in [0.05, 0.1) is 5.02 Å². The van der Waals surface area contributed by atoms with Crippen molar-refractivity contribution in [3.8, 4) is 5.75 Å². The Morgan fingerprint density at radius 1 is 1.50 bits per heavy atom. The van der Waals surface area contributed by atoms with Gasteiger partial charge in [-0.3, -0.25) is 0 Å². The number of hydrogen-bond acceptors (Lipinski definition) is 2. The molecule has 0 aliphatic rings. The van der Waals surface area contributed by atoms with Crippen molar-refractivity contribution < 1.29 is 9.90 Å². The van der Waals surface area contributed by atoms with Crippen LogP contribution in [0, 0.1) is 0 Å². The molecule has 0 aromatic heterocycles. The topological polar surface area (TPSA) is 37.3 Å². The number of carbonyl (C=O) groups is 1. The summed E-state index contributed by atoms with van der Waals surface area (Å²) >= 11 is 5.83. The van der Waals surface area contributed by atoms with E-state index < -0.39 is 0 Å². The lowest BCUT2D eigenvalue weighted by Gasteiger charge is -2.10. The molecule has 0 aliphatic carbocycles. The first-order valence-corrected chi connectivity index (χ1v) is 4.89. The summed E-state index contributed by atoms with van der Waals surface area (Å²) in [5.41, 5.74) is 1.63. The molecule has 1 aromatic rings. The Hall–Kier alpha value is -1.02. The first-order chi connectivity index (χ1) is 6.56. The van der Waals surface area contributed by atoms with Crippen LogP contribution in [0.3, 0.4) is 0 Å². The Kier molecular flexibility index (Phi) is 3.53. The van der Waals surface area contributed by atoms with Gasteiger partial charge < -0.3 is 9.90 Å². The smallest absolute Gasteiger partial charge is 0.137 e. The van der Waals surface area contributed by atoms with Crippen LogP contribution in [0.15, 0.2) is 12.1 Å². The number of hydrogen-bond donors (Lipinski definition) is 1. The Morgan fingerprint density at radius 3 is 2.64 bits per heavy atom. The van der Waals surface area contributed by atoms with Crippen LogP contribution >= 0.6 is 11.6 Å². The van der Waals surface area contributed by atoms with Crippen LogP contribution in [0.25, 0.3) is 0 Å². The molecule has 0 atom stereocenters. The molecule has 0 heterocycles. The second-order valence-electron chi connectivity index (χ2n) is 3.54. The van der Waals surface area contributed by atoms with Crippen molar-refractivity contribution in [2.45, 2.75) is 26.2 Å². The number of carbonyl (C=O) groups excluding carboxylic acids is 1. The van der Waals surface area contributed by atoms with Gasteiger partial charge in [-0.25, -0.2) is 0 Å². The maximum atomic E-state index is 10.4. The molecule has 76 valence electrons.